The number of halogens is 3. The average Bonchev–Trinajstić information content (AvgIpc) is 3.01. The normalized spacial score (nSPS) is 31.2. The van der Waals surface area contributed by atoms with Crippen molar-refractivity contribution in [2.45, 2.75) is 19.0 Å². The molecule has 2 N–H and O–H groups in total. The van der Waals surface area contributed by atoms with Crippen molar-refractivity contribution in [3.63, 3.8) is 0 Å². The van der Waals surface area contributed by atoms with Gasteiger partial charge in [-0.05, 0) is 36.8 Å². The molecule has 3 aliphatic rings. The van der Waals surface area contributed by atoms with Crippen LogP contribution in [0.1, 0.15) is 18.4 Å². The Kier molecular flexibility index (Phi) is 2.89. The smallest absolute Gasteiger partial charge is 0.420 e. The van der Waals surface area contributed by atoms with Crippen LogP contribution in [0.5, 0.6) is 5.75 Å². The van der Waals surface area contributed by atoms with Crippen molar-refractivity contribution in [2.24, 2.45) is 17.3 Å². The first kappa shape index (κ1) is 14.4. The molecule has 3 nitrogen and oxygen atoms in total. The molecule has 1 aromatic heterocycles. The molecule has 1 fully saturated rings. The second-order valence-corrected chi connectivity index (χ2v) is 6.33. The standard InChI is InChI=1S/C17H15F3N2O/c18-17(19,20)12-7-15(21)22-9-13(12)23-14-6-10-5-11-3-1-2-4-16(11,14)8-10/h1-4,6-7,9-11H,5,8H2,(H2,21,22). The third-order valence-corrected chi connectivity index (χ3v) is 4.93. The molecule has 1 heterocycles. The number of allylic oxidation sites excluding steroid dienone is 5. The van der Waals surface area contributed by atoms with Crippen molar-refractivity contribution >= 4 is 5.82 Å². The predicted octanol–water partition coefficient (Wildman–Crippen LogP) is 4.10. The molecule has 1 spiro atoms. The first-order chi connectivity index (χ1) is 10.9. The van der Waals surface area contributed by atoms with Gasteiger partial charge in [0.2, 0.25) is 0 Å². The first-order valence-corrected chi connectivity index (χ1v) is 7.47. The minimum atomic E-state index is -4.54. The zero-order chi connectivity index (χ0) is 16.2. The molecule has 3 aliphatic carbocycles. The minimum absolute atomic E-state index is 0.178. The molecule has 2 bridgehead atoms. The van der Waals surface area contributed by atoms with Crippen LogP contribution in [-0.2, 0) is 6.18 Å². The van der Waals surface area contributed by atoms with Crippen LogP contribution >= 0.6 is 0 Å². The van der Waals surface area contributed by atoms with Crippen LogP contribution in [0.3, 0.4) is 0 Å². The highest BCUT2D eigenvalue weighted by Crippen LogP contribution is 2.60. The van der Waals surface area contributed by atoms with Gasteiger partial charge >= 0.3 is 6.18 Å². The Morgan fingerprint density at radius 2 is 2.13 bits per heavy atom. The monoisotopic (exact) mass is 320 g/mol. The summed E-state index contributed by atoms with van der Waals surface area (Å²) in [6.45, 7) is 0. The number of nitrogens with zero attached hydrogens (tertiary/aromatic N) is 1. The lowest BCUT2D eigenvalue weighted by atomic mass is 9.74. The molecule has 4 rings (SSSR count). The van der Waals surface area contributed by atoms with E-state index in [0.717, 1.165) is 25.1 Å². The minimum Gasteiger partial charge on any atom is -0.459 e. The van der Waals surface area contributed by atoms with Gasteiger partial charge in [-0.3, -0.25) is 0 Å². The maximum atomic E-state index is 13.2. The van der Waals surface area contributed by atoms with Gasteiger partial charge in [-0.25, -0.2) is 4.98 Å². The van der Waals surface area contributed by atoms with Crippen molar-refractivity contribution in [1.29, 1.82) is 0 Å². The molecule has 0 amide bonds. The second kappa shape index (κ2) is 4.63. The van der Waals surface area contributed by atoms with E-state index in [2.05, 4.69) is 17.1 Å². The van der Waals surface area contributed by atoms with E-state index in [1.54, 1.807) is 0 Å². The molecular weight excluding hydrogens is 305 g/mol. The molecule has 3 atom stereocenters. The van der Waals surface area contributed by atoms with Crippen LogP contribution in [-0.4, -0.2) is 4.98 Å². The summed E-state index contributed by atoms with van der Waals surface area (Å²) in [4.78, 5) is 3.75. The van der Waals surface area contributed by atoms with Crippen LogP contribution in [0.2, 0.25) is 0 Å². The summed E-state index contributed by atoms with van der Waals surface area (Å²) in [5.41, 5.74) is 4.19. The molecule has 6 heteroatoms. The fourth-order valence-electron chi connectivity index (χ4n) is 3.94. The van der Waals surface area contributed by atoms with Crippen molar-refractivity contribution in [2.75, 3.05) is 5.73 Å². The lowest BCUT2D eigenvalue weighted by molar-refractivity contribution is -0.138. The van der Waals surface area contributed by atoms with Gasteiger partial charge in [-0.1, -0.05) is 24.3 Å². The van der Waals surface area contributed by atoms with E-state index in [4.69, 9.17) is 10.5 Å². The number of pyridine rings is 1. The van der Waals surface area contributed by atoms with E-state index in [-0.39, 0.29) is 22.9 Å². The number of nitrogen functional groups attached to an aromatic ring is 1. The summed E-state index contributed by atoms with van der Waals surface area (Å²) in [5.74, 6) is 0.758. The van der Waals surface area contributed by atoms with E-state index >= 15 is 0 Å². The molecule has 0 saturated heterocycles. The van der Waals surface area contributed by atoms with E-state index in [1.165, 1.54) is 0 Å². The van der Waals surface area contributed by atoms with Crippen molar-refractivity contribution in [3.05, 3.63) is 54.0 Å². The van der Waals surface area contributed by atoms with Gasteiger partial charge < -0.3 is 10.5 Å². The Bertz CT molecular complexity index is 751. The molecular formula is C17H15F3N2O. The molecule has 1 saturated carbocycles. The average molecular weight is 320 g/mol. The third-order valence-electron chi connectivity index (χ3n) is 4.93. The zero-order valence-corrected chi connectivity index (χ0v) is 12.2. The lowest BCUT2D eigenvalue weighted by Crippen LogP contribution is -2.28. The summed E-state index contributed by atoms with van der Waals surface area (Å²) in [6, 6.07) is 0.814. The van der Waals surface area contributed by atoms with E-state index in [9.17, 15) is 13.2 Å². The summed E-state index contributed by atoms with van der Waals surface area (Å²) >= 11 is 0. The number of ether oxygens (including phenoxy) is 1. The van der Waals surface area contributed by atoms with Gasteiger partial charge in [0.25, 0.3) is 0 Å². The van der Waals surface area contributed by atoms with Crippen LogP contribution < -0.4 is 10.5 Å². The highest BCUT2D eigenvalue weighted by atomic mass is 19.4. The predicted molar refractivity (Wildman–Crippen MR) is 79.3 cm³/mol. The van der Waals surface area contributed by atoms with Gasteiger partial charge in [0.1, 0.15) is 17.1 Å². The quantitative estimate of drug-likeness (QED) is 0.892. The number of fused-ring (bicyclic) bond motifs is 1. The van der Waals surface area contributed by atoms with Crippen LogP contribution in [0, 0.1) is 17.3 Å². The van der Waals surface area contributed by atoms with Crippen LogP contribution in [0.25, 0.3) is 0 Å². The molecule has 3 unspecified atom stereocenters. The molecule has 120 valence electrons. The van der Waals surface area contributed by atoms with E-state index < -0.39 is 11.7 Å². The Hall–Kier alpha value is -2.24. The fraction of sp³-hybridized carbons (Fsp3) is 0.353. The van der Waals surface area contributed by atoms with Gasteiger partial charge in [0.15, 0.2) is 5.75 Å². The largest absolute Gasteiger partial charge is 0.459 e. The zero-order valence-electron chi connectivity index (χ0n) is 12.2. The molecule has 0 radical (unpaired) electrons. The molecule has 0 aromatic carbocycles. The Balaban J connectivity index is 1.72. The van der Waals surface area contributed by atoms with Crippen molar-refractivity contribution in [1.82, 2.24) is 4.98 Å². The Labute approximate surface area is 131 Å². The first-order valence-electron chi connectivity index (χ1n) is 7.47. The fourth-order valence-corrected chi connectivity index (χ4v) is 3.94. The Morgan fingerprint density at radius 3 is 2.91 bits per heavy atom. The molecule has 0 aliphatic heterocycles. The highest BCUT2D eigenvalue weighted by Gasteiger charge is 2.53. The van der Waals surface area contributed by atoms with Gasteiger partial charge in [0.05, 0.1) is 11.6 Å². The van der Waals surface area contributed by atoms with Crippen LogP contribution in [0.4, 0.5) is 19.0 Å². The highest BCUT2D eigenvalue weighted by molar-refractivity contribution is 5.45. The molecule has 23 heavy (non-hydrogen) atoms. The topological polar surface area (TPSA) is 48.1 Å². The van der Waals surface area contributed by atoms with Crippen molar-refractivity contribution in [3.8, 4) is 5.75 Å². The number of hydrogen-bond donors (Lipinski definition) is 1. The van der Waals surface area contributed by atoms with Gasteiger partial charge in [0, 0.05) is 0 Å². The maximum Gasteiger partial charge on any atom is 0.420 e. The maximum absolute atomic E-state index is 13.2. The van der Waals surface area contributed by atoms with Crippen molar-refractivity contribution < 1.29 is 17.9 Å². The third kappa shape index (κ3) is 2.16. The van der Waals surface area contributed by atoms with Gasteiger partial charge in [-0.15, -0.1) is 0 Å². The number of alkyl halides is 3. The SMILES string of the molecule is Nc1cc(C(F)(F)F)c(OC2=CC3CC4C=CC=CC24C3)cn1. The molecule has 1 aromatic rings. The number of anilines is 1. The number of rotatable bonds is 2. The summed E-state index contributed by atoms with van der Waals surface area (Å²) < 4.78 is 45.4. The summed E-state index contributed by atoms with van der Waals surface area (Å²) in [7, 11) is 0. The number of hydrogen-bond acceptors (Lipinski definition) is 3. The Morgan fingerprint density at radius 1 is 1.30 bits per heavy atom. The second-order valence-electron chi connectivity index (χ2n) is 6.33. The number of nitrogens with two attached hydrogens (primary N) is 1. The summed E-state index contributed by atoms with van der Waals surface area (Å²) in [6.07, 6.45) is 8.46. The van der Waals surface area contributed by atoms with E-state index in [0.29, 0.717) is 11.7 Å². The van der Waals surface area contributed by atoms with E-state index in [1.807, 2.05) is 18.2 Å². The number of aromatic nitrogens is 1. The summed E-state index contributed by atoms with van der Waals surface area (Å²) in [5, 5.41) is 0. The van der Waals surface area contributed by atoms with Gasteiger partial charge in [-0.2, -0.15) is 13.2 Å². The lowest BCUT2D eigenvalue weighted by Gasteiger charge is -2.34. The van der Waals surface area contributed by atoms with Crippen LogP contribution in [0.15, 0.2) is 48.4 Å².